The van der Waals surface area contributed by atoms with Crippen LogP contribution in [0.4, 0.5) is 13.2 Å². The fourth-order valence-corrected chi connectivity index (χ4v) is 4.28. The number of fused-ring (bicyclic) bond motifs is 1. The highest BCUT2D eigenvalue weighted by Gasteiger charge is 2.22. The summed E-state index contributed by atoms with van der Waals surface area (Å²) in [7, 11) is 0. The Bertz CT molecular complexity index is 1150. The predicted octanol–water partition coefficient (Wildman–Crippen LogP) is 7.12. The topological polar surface area (TPSA) is 0 Å². The van der Waals surface area contributed by atoms with Crippen molar-refractivity contribution in [3.05, 3.63) is 105 Å². The number of benzene rings is 3. The highest BCUT2D eigenvalue weighted by Crippen LogP contribution is 2.34. The normalized spacial score (nSPS) is 15.2. The lowest BCUT2D eigenvalue weighted by Crippen LogP contribution is -2.14. The largest absolute Gasteiger partial charge is 0.207 e. The number of aryl methyl sites for hydroxylation is 2. The van der Waals surface area contributed by atoms with E-state index >= 15 is 0 Å². The van der Waals surface area contributed by atoms with Crippen molar-refractivity contribution in [2.75, 3.05) is 0 Å². The molecule has 1 unspecified atom stereocenters. The van der Waals surface area contributed by atoms with Crippen molar-refractivity contribution in [3.63, 3.8) is 0 Å². The number of halogens is 3. The Morgan fingerprint density at radius 3 is 2.58 bits per heavy atom. The summed E-state index contributed by atoms with van der Waals surface area (Å²) in [5.74, 6) is 3.93. The van der Waals surface area contributed by atoms with Gasteiger partial charge in [0.2, 0.25) is 0 Å². The van der Waals surface area contributed by atoms with Crippen LogP contribution in [0.1, 0.15) is 65.5 Å². The molecule has 0 N–H and O–H groups in total. The van der Waals surface area contributed by atoms with E-state index in [1.807, 2.05) is 24.3 Å². The fraction of sp³-hybridized carbons (Fsp3) is 0.286. The average molecular weight is 419 g/mol. The molecule has 0 amide bonds. The lowest BCUT2D eigenvalue weighted by molar-refractivity contribution is 0.506. The molecule has 1 atom stereocenters. The molecule has 158 valence electrons. The van der Waals surface area contributed by atoms with E-state index < -0.39 is 11.6 Å². The van der Waals surface area contributed by atoms with Crippen molar-refractivity contribution < 1.29 is 13.2 Å². The molecule has 0 bridgehead atoms. The van der Waals surface area contributed by atoms with Gasteiger partial charge in [0, 0.05) is 5.56 Å². The van der Waals surface area contributed by atoms with E-state index in [4.69, 9.17) is 0 Å². The van der Waals surface area contributed by atoms with Gasteiger partial charge < -0.3 is 0 Å². The van der Waals surface area contributed by atoms with E-state index in [2.05, 4.69) is 24.8 Å². The quantitative estimate of drug-likeness (QED) is 0.396. The van der Waals surface area contributed by atoms with Gasteiger partial charge in [0.25, 0.3) is 0 Å². The molecule has 1 aliphatic rings. The molecule has 0 aliphatic heterocycles. The fourth-order valence-electron chi connectivity index (χ4n) is 4.28. The minimum atomic E-state index is -0.918. The van der Waals surface area contributed by atoms with E-state index in [9.17, 15) is 13.2 Å². The molecule has 4 rings (SSSR count). The summed E-state index contributed by atoms with van der Waals surface area (Å²) in [5.41, 5.74) is 5.09. The maximum Gasteiger partial charge on any atom is 0.174 e. The summed E-state index contributed by atoms with van der Waals surface area (Å²) in [6, 6.07) is 15.7. The minimum Gasteiger partial charge on any atom is -0.207 e. The highest BCUT2D eigenvalue weighted by molar-refractivity contribution is 5.47. The van der Waals surface area contributed by atoms with Crippen LogP contribution in [-0.4, -0.2) is 0 Å². The summed E-state index contributed by atoms with van der Waals surface area (Å²) in [5, 5.41) is 0. The Hall–Kier alpha value is -2.99. The van der Waals surface area contributed by atoms with Crippen molar-refractivity contribution in [1.82, 2.24) is 0 Å². The van der Waals surface area contributed by atoms with Crippen LogP contribution in [-0.2, 0) is 19.3 Å². The van der Waals surface area contributed by atoms with Crippen LogP contribution in [0.25, 0.3) is 0 Å². The first kappa shape index (κ1) is 21.2. The predicted molar refractivity (Wildman–Crippen MR) is 119 cm³/mol. The number of hydrogen-bond acceptors (Lipinski definition) is 0. The zero-order chi connectivity index (χ0) is 21.8. The zero-order valence-electron chi connectivity index (χ0n) is 17.7. The van der Waals surface area contributed by atoms with Gasteiger partial charge in [-0.15, -0.1) is 0 Å². The average Bonchev–Trinajstić information content (AvgIpc) is 2.78. The third-order valence-electron chi connectivity index (χ3n) is 6.05. The summed E-state index contributed by atoms with van der Waals surface area (Å²) < 4.78 is 41.9. The van der Waals surface area contributed by atoms with Crippen molar-refractivity contribution in [3.8, 4) is 11.8 Å². The summed E-state index contributed by atoms with van der Waals surface area (Å²) in [6.07, 6.45) is 5.63. The Morgan fingerprint density at radius 1 is 0.903 bits per heavy atom. The lowest BCUT2D eigenvalue weighted by atomic mass is 9.79. The van der Waals surface area contributed by atoms with Gasteiger partial charge >= 0.3 is 0 Å². The lowest BCUT2D eigenvalue weighted by Gasteiger charge is -2.25. The summed E-state index contributed by atoms with van der Waals surface area (Å²) in [6.45, 7) is 2.14. The van der Waals surface area contributed by atoms with Crippen LogP contribution in [0.2, 0.25) is 0 Å². The van der Waals surface area contributed by atoms with Gasteiger partial charge in [-0.05, 0) is 90.6 Å². The van der Waals surface area contributed by atoms with Gasteiger partial charge in [-0.3, -0.25) is 0 Å². The molecule has 0 heterocycles. The number of unbranched alkanes of at least 4 members (excludes halogenated alkanes) is 1. The second-order valence-electron chi connectivity index (χ2n) is 8.23. The molecule has 0 radical (unpaired) electrons. The maximum absolute atomic E-state index is 14.7. The number of rotatable bonds is 4. The van der Waals surface area contributed by atoms with Crippen LogP contribution in [0.3, 0.4) is 0 Å². The van der Waals surface area contributed by atoms with Crippen LogP contribution in [0.15, 0.2) is 54.6 Å². The summed E-state index contributed by atoms with van der Waals surface area (Å²) >= 11 is 0. The van der Waals surface area contributed by atoms with Crippen molar-refractivity contribution >= 4 is 0 Å². The third-order valence-corrected chi connectivity index (χ3v) is 6.05. The molecule has 3 aromatic rings. The van der Waals surface area contributed by atoms with Gasteiger partial charge in [-0.2, -0.15) is 0 Å². The molecule has 0 saturated heterocycles. The molecule has 3 heteroatoms. The first-order chi connectivity index (χ1) is 15.0. The Balaban J connectivity index is 1.50. The molecule has 1 aliphatic carbocycles. The van der Waals surface area contributed by atoms with E-state index in [1.54, 1.807) is 6.07 Å². The van der Waals surface area contributed by atoms with E-state index in [0.29, 0.717) is 0 Å². The standard InChI is InChI=1S/C28H25F3/c1-2-3-5-19-10-15-25(27(30)17-19)24-14-13-22-16-20(9-12-23(22)18-24)8-11-21-6-4-7-26(29)28(21)31/h4,6-7,9-10,12,15-17,24H,2-3,5,13-14,18H2,1H3. The van der Waals surface area contributed by atoms with E-state index in [-0.39, 0.29) is 17.3 Å². The van der Waals surface area contributed by atoms with Crippen LogP contribution < -0.4 is 0 Å². The Kier molecular flexibility index (Phi) is 6.47. The Labute approximate surface area is 182 Å². The van der Waals surface area contributed by atoms with Crippen molar-refractivity contribution in [1.29, 1.82) is 0 Å². The molecule has 0 saturated carbocycles. The van der Waals surface area contributed by atoms with Crippen molar-refractivity contribution in [2.45, 2.75) is 51.4 Å². The Morgan fingerprint density at radius 2 is 1.77 bits per heavy atom. The minimum absolute atomic E-state index is 0.0515. The number of hydrogen-bond donors (Lipinski definition) is 0. The SMILES string of the molecule is CCCCc1ccc(C2CCc3cc(C#Cc4cccc(F)c4F)ccc3C2)c(F)c1. The van der Waals surface area contributed by atoms with Gasteiger partial charge in [0.15, 0.2) is 11.6 Å². The molecule has 0 spiro atoms. The molecule has 0 aromatic heterocycles. The highest BCUT2D eigenvalue weighted by atomic mass is 19.2. The van der Waals surface area contributed by atoms with E-state index in [0.717, 1.165) is 61.3 Å². The van der Waals surface area contributed by atoms with Crippen LogP contribution in [0.5, 0.6) is 0 Å². The molecule has 0 nitrogen and oxygen atoms in total. The molecule has 3 aromatic carbocycles. The first-order valence-electron chi connectivity index (χ1n) is 10.9. The summed E-state index contributed by atoms with van der Waals surface area (Å²) in [4.78, 5) is 0. The molecular weight excluding hydrogens is 393 g/mol. The van der Waals surface area contributed by atoms with Crippen LogP contribution in [0, 0.1) is 29.3 Å². The maximum atomic E-state index is 14.7. The van der Waals surface area contributed by atoms with Gasteiger partial charge in [0.1, 0.15) is 5.82 Å². The monoisotopic (exact) mass is 418 g/mol. The second-order valence-corrected chi connectivity index (χ2v) is 8.23. The zero-order valence-corrected chi connectivity index (χ0v) is 17.7. The van der Waals surface area contributed by atoms with Crippen LogP contribution >= 0.6 is 0 Å². The van der Waals surface area contributed by atoms with Gasteiger partial charge in [0.05, 0.1) is 5.56 Å². The smallest absolute Gasteiger partial charge is 0.174 e. The molecule has 0 fully saturated rings. The van der Waals surface area contributed by atoms with E-state index in [1.165, 1.54) is 23.3 Å². The first-order valence-corrected chi connectivity index (χ1v) is 10.9. The second kappa shape index (κ2) is 9.43. The molecule has 31 heavy (non-hydrogen) atoms. The molecular formula is C28H25F3. The third kappa shape index (κ3) is 4.85. The van der Waals surface area contributed by atoms with Gasteiger partial charge in [-0.25, -0.2) is 13.2 Å². The van der Waals surface area contributed by atoms with Gasteiger partial charge in [-0.1, -0.05) is 49.5 Å². The van der Waals surface area contributed by atoms with Crippen molar-refractivity contribution in [2.24, 2.45) is 0 Å².